The van der Waals surface area contributed by atoms with Gasteiger partial charge in [-0.25, -0.2) is 0 Å². The Kier molecular flexibility index (Phi) is 4.87. The summed E-state index contributed by atoms with van der Waals surface area (Å²) >= 11 is 1.45. The molecule has 19 heavy (non-hydrogen) atoms. The highest BCUT2D eigenvalue weighted by Crippen LogP contribution is 2.38. The van der Waals surface area contributed by atoms with Crippen molar-refractivity contribution in [3.8, 4) is 5.75 Å². The number of aromatic nitrogens is 1. The fourth-order valence-corrected chi connectivity index (χ4v) is 3.20. The maximum Gasteiger partial charge on any atom is 0.197 e. The van der Waals surface area contributed by atoms with Crippen LogP contribution >= 0.6 is 11.5 Å². The molecule has 0 bridgehead atoms. The molecule has 1 aliphatic rings. The highest BCUT2D eigenvalue weighted by Gasteiger charge is 2.25. The molecule has 108 valence electrons. The van der Waals surface area contributed by atoms with Crippen molar-refractivity contribution < 1.29 is 4.74 Å². The summed E-state index contributed by atoms with van der Waals surface area (Å²) in [6.45, 7) is 11.4. The van der Waals surface area contributed by atoms with Crippen molar-refractivity contribution in [2.24, 2.45) is 0 Å². The third-order valence-corrected chi connectivity index (χ3v) is 4.67. The van der Waals surface area contributed by atoms with Gasteiger partial charge >= 0.3 is 0 Å². The molecule has 1 aromatic rings. The van der Waals surface area contributed by atoms with E-state index in [-0.39, 0.29) is 0 Å². The van der Waals surface area contributed by atoms with Gasteiger partial charge in [0.1, 0.15) is 0 Å². The van der Waals surface area contributed by atoms with Crippen LogP contribution < -0.4 is 15.4 Å². The van der Waals surface area contributed by atoms with E-state index < -0.39 is 0 Å². The van der Waals surface area contributed by atoms with E-state index in [0.717, 1.165) is 36.9 Å². The zero-order valence-electron chi connectivity index (χ0n) is 12.1. The van der Waals surface area contributed by atoms with E-state index in [0.29, 0.717) is 18.5 Å². The van der Waals surface area contributed by atoms with Crippen LogP contribution in [0.2, 0.25) is 0 Å². The number of hydrogen-bond donors (Lipinski definition) is 1. The Bertz CT molecular complexity index is 401. The Morgan fingerprint density at radius 1 is 1.32 bits per heavy atom. The second kappa shape index (κ2) is 6.43. The van der Waals surface area contributed by atoms with Gasteiger partial charge in [0.15, 0.2) is 16.6 Å². The van der Waals surface area contributed by atoms with Gasteiger partial charge in [-0.15, -0.1) is 0 Å². The first-order chi connectivity index (χ1) is 9.17. The number of nitrogens with two attached hydrogens (primary N) is 1. The van der Waals surface area contributed by atoms with E-state index in [1.165, 1.54) is 18.0 Å². The van der Waals surface area contributed by atoms with Crippen molar-refractivity contribution in [2.75, 3.05) is 43.4 Å². The van der Waals surface area contributed by atoms with Crippen molar-refractivity contribution in [2.45, 2.75) is 33.2 Å². The van der Waals surface area contributed by atoms with Crippen molar-refractivity contribution in [3.05, 3.63) is 0 Å². The normalized spacial score (nSPS) is 18.6. The lowest BCUT2D eigenvalue weighted by Crippen LogP contribution is -2.49. The Labute approximate surface area is 119 Å². The first-order valence-electron chi connectivity index (χ1n) is 7.04. The average molecular weight is 284 g/mol. The summed E-state index contributed by atoms with van der Waals surface area (Å²) in [6.07, 6.45) is 1.21. The van der Waals surface area contributed by atoms with Crippen LogP contribution in [0.4, 0.5) is 10.8 Å². The lowest BCUT2D eigenvalue weighted by atomic mass is 10.2. The van der Waals surface area contributed by atoms with Crippen LogP contribution in [0.25, 0.3) is 0 Å². The van der Waals surface area contributed by atoms with Crippen molar-refractivity contribution >= 4 is 22.4 Å². The van der Waals surface area contributed by atoms with E-state index in [1.807, 2.05) is 6.92 Å². The van der Waals surface area contributed by atoms with Crippen LogP contribution in [0, 0.1) is 0 Å². The standard InChI is InChI=1S/C13H24N4OS/c1-4-10(3)16-6-8-17(9-7-16)13-11(18-5-2)12(14)15-19-13/h10H,4-9H2,1-3H3,(H2,14,15). The fourth-order valence-electron chi connectivity index (χ4n) is 2.39. The molecule has 1 unspecified atom stereocenters. The van der Waals surface area contributed by atoms with Crippen LogP contribution in [0.1, 0.15) is 27.2 Å². The van der Waals surface area contributed by atoms with E-state index >= 15 is 0 Å². The van der Waals surface area contributed by atoms with Crippen LogP contribution in [0.3, 0.4) is 0 Å². The van der Waals surface area contributed by atoms with Gasteiger partial charge in [0.05, 0.1) is 6.61 Å². The Balaban J connectivity index is 2.01. The number of ether oxygens (including phenoxy) is 1. The van der Waals surface area contributed by atoms with Gasteiger partial charge in [-0.1, -0.05) is 6.92 Å². The third kappa shape index (κ3) is 3.12. The molecule has 2 heterocycles. The lowest BCUT2D eigenvalue weighted by Gasteiger charge is -2.38. The average Bonchev–Trinajstić information content (AvgIpc) is 2.80. The highest BCUT2D eigenvalue weighted by atomic mass is 32.1. The minimum absolute atomic E-state index is 0.520. The number of piperazine rings is 1. The van der Waals surface area contributed by atoms with Gasteiger partial charge in [0.25, 0.3) is 0 Å². The first-order valence-corrected chi connectivity index (χ1v) is 7.81. The van der Waals surface area contributed by atoms with Crippen LogP contribution in [0.15, 0.2) is 0 Å². The third-order valence-electron chi connectivity index (χ3n) is 3.76. The molecule has 0 saturated carbocycles. The molecule has 2 rings (SSSR count). The predicted molar refractivity (Wildman–Crippen MR) is 81.2 cm³/mol. The first kappa shape index (κ1) is 14.4. The Morgan fingerprint density at radius 3 is 2.58 bits per heavy atom. The summed E-state index contributed by atoms with van der Waals surface area (Å²) in [6, 6.07) is 0.667. The molecule has 1 atom stereocenters. The lowest BCUT2D eigenvalue weighted by molar-refractivity contribution is 0.192. The summed E-state index contributed by atoms with van der Waals surface area (Å²) in [5.41, 5.74) is 5.87. The van der Waals surface area contributed by atoms with Crippen LogP contribution in [0.5, 0.6) is 5.75 Å². The van der Waals surface area contributed by atoms with Crippen molar-refractivity contribution in [3.63, 3.8) is 0 Å². The summed E-state index contributed by atoms with van der Waals surface area (Å²) in [5.74, 6) is 1.29. The zero-order valence-corrected chi connectivity index (χ0v) is 12.9. The Hall–Kier alpha value is -1.01. The second-order valence-electron chi connectivity index (χ2n) is 4.92. The van der Waals surface area contributed by atoms with E-state index in [2.05, 4.69) is 28.0 Å². The highest BCUT2D eigenvalue weighted by molar-refractivity contribution is 7.11. The maximum atomic E-state index is 5.87. The minimum atomic E-state index is 0.520. The van der Waals surface area contributed by atoms with Crippen molar-refractivity contribution in [1.82, 2.24) is 9.27 Å². The number of hydrogen-bond acceptors (Lipinski definition) is 6. The molecule has 0 aliphatic carbocycles. The maximum absolute atomic E-state index is 5.87. The largest absolute Gasteiger partial charge is 0.487 e. The van der Waals surface area contributed by atoms with Gasteiger partial charge < -0.3 is 15.4 Å². The smallest absolute Gasteiger partial charge is 0.197 e. The van der Waals surface area contributed by atoms with Gasteiger partial charge in [0, 0.05) is 32.2 Å². The molecular weight excluding hydrogens is 260 g/mol. The number of nitrogens with zero attached hydrogens (tertiary/aromatic N) is 3. The van der Waals surface area contributed by atoms with Gasteiger partial charge in [-0.05, 0) is 31.8 Å². The molecule has 1 saturated heterocycles. The molecule has 0 amide bonds. The molecule has 6 heteroatoms. The molecule has 1 aromatic heterocycles. The minimum Gasteiger partial charge on any atom is -0.487 e. The fraction of sp³-hybridized carbons (Fsp3) is 0.769. The number of rotatable bonds is 5. The van der Waals surface area contributed by atoms with Crippen LogP contribution in [-0.4, -0.2) is 48.1 Å². The van der Waals surface area contributed by atoms with E-state index in [4.69, 9.17) is 10.5 Å². The topological polar surface area (TPSA) is 54.6 Å². The summed E-state index contributed by atoms with van der Waals surface area (Å²) in [5, 5.41) is 1.09. The summed E-state index contributed by atoms with van der Waals surface area (Å²) < 4.78 is 9.84. The second-order valence-corrected chi connectivity index (χ2v) is 5.67. The number of anilines is 2. The summed E-state index contributed by atoms with van der Waals surface area (Å²) in [7, 11) is 0. The monoisotopic (exact) mass is 284 g/mol. The molecule has 2 N–H and O–H groups in total. The SMILES string of the molecule is CCOc1c(N)nsc1N1CCN(C(C)CC)CC1. The predicted octanol–water partition coefficient (Wildman–Crippen LogP) is 2.04. The summed E-state index contributed by atoms with van der Waals surface area (Å²) in [4.78, 5) is 4.89. The molecule has 5 nitrogen and oxygen atoms in total. The number of nitrogen functional groups attached to an aromatic ring is 1. The molecule has 0 aromatic carbocycles. The van der Waals surface area contributed by atoms with Gasteiger partial charge in [-0.3, -0.25) is 4.90 Å². The molecule has 0 radical (unpaired) electrons. The quantitative estimate of drug-likeness (QED) is 0.897. The van der Waals surface area contributed by atoms with Gasteiger partial charge in [0.2, 0.25) is 0 Å². The Morgan fingerprint density at radius 2 is 2.00 bits per heavy atom. The van der Waals surface area contributed by atoms with Crippen LogP contribution in [-0.2, 0) is 0 Å². The molecular formula is C13H24N4OS. The van der Waals surface area contributed by atoms with E-state index in [9.17, 15) is 0 Å². The molecule has 0 spiro atoms. The van der Waals surface area contributed by atoms with E-state index in [1.54, 1.807) is 0 Å². The molecule has 1 aliphatic heterocycles. The molecule has 1 fully saturated rings. The zero-order chi connectivity index (χ0) is 13.8. The van der Waals surface area contributed by atoms with Gasteiger partial charge in [-0.2, -0.15) is 4.37 Å². The van der Waals surface area contributed by atoms with Crippen molar-refractivity contribution in [1.29, 1.82) is 0 Å².